The van der Waals surface area contributed by atoms with Gasteiger partial charge in [0.05, 0.1) is 13.2 Å². The van der Waals surface area contributed by atoms with Gasteiger partial charge in [0.15, 0.2) is 5.76 Å². The van der Waals surface area contributed by atoms with Crippen LogP contribution < -0.4 is 0 Å². The Morgan fingerprint density at radius 1 is 1.22 bits per heavy atom. The summed E-state index contributed by atoms with van der Waals surface area (Å²) in [5.74, 6) is 0.198. The smallest absolute Gasteiger partial charge is 0.289 e. The van der Waals surface area contributed by atoms with Crippen LogP contribution in [0.2, 0.25) is 0 Å². The first kappa shape index (κ1) is 16.5. The highest BCUT2D eigenvalue weighted by atomic mass is 32.2. The Morgan fingerprint density at radius 3 is 2.52 bits per heavy atom. The minimum Gasteiger partial charge on any atom is -0.440 e. The number of furan rings is 1. The van der Waals surface area contributed by atoms with E-state index in [-0.39, 0.29) is 16.8 Å². The summed E-state index contributed by atoms with van der Waals surface area (Å²) < 4.78 is 33.5. The van der Waals surface area contributed by atoms with E-state index < -0.39 is 9.84 Å². The summed E-state index contributed by atoms with van der Waals surface area (Å²) in [7, 11) is -3.44. The van der Waals surface area contributed by atoms with Crippen molar-refractivity contribution in [2.24, 2.45) is 5.92 Å². The molecule has 1 aromatic rings. The van der Waals surface area contributed by atoms with Gasteiger partial charge in [-0.25, -0.2) is 8.42 Å². The van der Waals surface area contributed by atoms with E-state index in [0.29, 0.717) is 25.0 Å². The fourth-order valence-electron chi connectivity index (χ4n) is 3.29. The fourth-order valence-corrected chi connectivity index (χ4v) is 3.85. The van der Waals surface area contributed by atoms with Crippen LogP contribution in [-0.4, -0.2) is 75.8 Å². The highest BCUT2D eigenvalue weighted by Crippen LogP contribution is 2.25. The number of likely N-dealkylation sites (tertiary alicyclic amines) is 1. The molecule has 0 unspecified atom stereocenters. The van der Waals surface area contributed by atoms with Gasteiger partial charge in [-0.1, -0.05) is 6.92 Å². The number of morpholine rings is 1. The fraction of sp³-hybridized carbons (Fsp3) is 0.667. The SMILES string of the molecule is C[C@H]1CN(C(=O)c2ccc(S(C)(=O)=O)o2)C[C@@H]1N1CCOCC1. The number of carbonyl (C=O) groups excluding carboxylic acids is 1. The molecule has 128 valence electrons. The number of hydrogen-bond donors (Lipinski definition) is 0. The Labute approximate surface area is 136 Å². The van der Waals surface area contributed by atoms with Crippen molar-refractivity contribution in [1.29, 1.82) is 0 Å². The highest BCUT2D eigenvalue weighted by Gasteiger charge is 2.37. The van der Waals surface area contributed by atoms with Crippen LogP contribution in [0.5, 0.6) is 0 Å². The molecule has 0 N–H and O–H groups in total. The van der Waals surface area contributed by atoms with Crippen molar-refractivity contribution >= 4 is 15.7 Å². The predicted octanol–water partition coefficient (Wildman–Crippen LogP) is 0.476. The van der Waals surface area contributed by atoms with Crippen molar-refractivity contribution in [3.05, 3.63) is 17.9 Å². The molecule has 2 atom stereocenters. The van der Waals surface area contributed by atoms with Crippen molar-refractivity contribution < 1.29 is 22.4 Å². The van der Waals surface area contributed by atoms with E-state index in [1.807, 2.05) is 0 Å². The molecule has 0 aliphatic carbocycles. The third kappa shape index (κ3) is 3.44. The van der Waals surface area contributed by atoms with Crippen LogP contribution in [-0.2, 0) is 14.6 Å². The van der Waals surface area contributed by atoms with Crippen LogP contribution in [0.3, 0.4) is 0 Å². The second-order valence-corrected chi connectivity index (χ2v) is 8.24. The van der Waals surface area contributed by atoms with E-state index in [1.54, 1.807) is 4.90 Å². The standard InChI is InChI=1S/C15H22N2O5S/c1-11-9-17(10-12(11)16-5-7-21-8-6-16)15(18)13-3-4-14(22-13)23(2,19)20/h3-4,11-12H,5-10H2,1-2H3/t11-,12-/m0/s1. The predicted molar refractivity (Wildman–Crippen MR) is 83.1 cm³/mol. The molecule has 2 aliphatic heterocycles. The monoisotopic (exact) mass is 342 g/mol. The van der Waals surface area contributed by atoms with Gasteiger partial charge in [0.2, 0.25) is 14.9 Å². The number of nitrogens with zero attached hydrogens (tertiary/aromatic N) is 2. The third-order valence-corrected chi connectivity index (χ3v) is 5.48. The molecular weight excluding hydrogens is 320 g/mol. The van der Waals surface area contributed by atoms with Gasteiger partial charge >= 0.3 is 0 Å². The summed E-state index contributed by atoms with van der Waals surface area (Å²) in [4.78, 5) is 16.7. The molecule has 0 bridgehead atoms. The number of hydrogen-bond acceptors (Lipinski definition) is 6. The second-order valence-electron chi connectivity index (χ2n) is 6.29. The van der Waals surface area contributed by atoms with E-state index >= 15 is 0 Å². The minimum atomic E-state index is -3.44. The first-order valence-corrected chi connectivity index (χ1v) is 9.66. The summed E-state index contributed by atoms with van der Waals surface area (Å²) in [6.07, 6.45) is 1.06. The molecule has 3 rings (SSSR count). The van der Waals surface area contributed by atoms with Gasteiger partial charge in [0.1, 0.15) is 0 Å². The zero-order valence-corrected chi connectivity index (χ0v) is 14.2. The molecule has 0 radical (unpaired) electrons. The van der Waals surface area contributed by atoms with Crippen LogP contribution in [0.1, 0.15) is 17.5 Å². The van der Waals surface area contributed by atoms with Crippen molar-refractivity contribution in [2.75, 3.05) is 45.6 Å². The van der Waals surface area contributed by atoms with E-state index in [4.69, 9.17) is 9.15 Å². The summed E-state index contributed by atoms with van der Waals surface area (Å²) in [5, 5.41) is -0.169. The highest BCUT2D eigenvalue weighted by molar-refractivity contribution is 7.90. The minimum absolute atomic E-state index is 0.0836. The van der Waals surface area contributed by atoms with Crippen molar-refractivity contribution in [3.63, 3.8) is 0 Å². The molecule has 2 saturated heterocycles. The van der Waals surface area contributed by atoms with Crippen molar-refractivity contribution in [1.82, 2.24) is 9.80 Å². The summed E-state index contributed by atoms with van der Waals surface area (Å²) in [6.45, 7) is 6.65. The molecule has 7 nitrogen and oxygen atoms in total. The topological polar surface area (TPSA) is 80.1 Å². The molecule has 1 aromatic heterocycles. The third-order valence-electron chi connectivity index (χ3n) is 4.53. The van der Waals surface area contributed by atoms with Crippen molar-refractivity contribution in [2.45, 2.75) is 18.1 Å². The lowest BCUT2D eigenvalue weighted by molar-refractivity contribution is 0.0118. The average molecular weight is 342 g/mol. The van der Waals surface area contributed by atoms with Crippen LogP contribution in [0, 0.1) is 5.92 Å². The Morgan fingerprint density at radius 2 is 1.91 bits per heavy atom. The zero-order chi connectivity index (χ0) is 16.6. The number of amides is 1. The summed E-state index contributed by atoms with van der Waals surface area (Å²) in [6, 6.07) is 3.08. The maximum absolute atomic E-state index is 12.6. The molecule has 1 amide bonds. The zero-order valence-electron chi connectivity index (χ0n) is 13.4. The van der Waals surface area contributed by atoms with E-state index in [2.05, 4.69) is 11.8 Å². The Kier molecular flexibility index (Phi) is 4.48. The molecule has 23 heavy (non-hydrogen) atoms. The van der Waals surface area contributed by atoms with E-state index in [0.717, 1.165) is 32.6 Å². The van der Waals surface area contributed by atoms with Gasteiger partial charge in [-0.05, 0) is 18.1 Å². The van der Waals surface area contributed by atoms with Gasteiger partial charge in [0, 0.05) is 38.5 Å². The Hall–Kier alpha value is -1.38. The first-order valence-electron chi connectivity index (χ1n) is 7.77. The number of sulfone groups is 1. The van der Waals surface area contributed by atoms with Crippen molar-refractivity contribution in [3.8, 4) is 0 Å². The molecule has 0 aromatic carbocycles. The van der Waals surface area contributed by atoms with Crippen LogP contribution in [0.25, 0.3) is 0 Å². The van der Waals surface area contributed by atoms with E-state index in [1.165, 1.54) is 12.1 Å². The van der Waals surface area contributed by atoms with Gasteiger partial charge < -0.3 is 14.1 Å². The molecular formula is C15H22N2O5S. The van der Waals surface area contributed by atoms with Crippen LogP contribution >= 0.6 is 0 Å². The molecule has 0 spiro atoms. The maximum atomic E-state index is 12.6. The first-order chi connectivity index (χ1) is 10.9. The average Bonchev–Trinajstić information content (AvgIpc) is 3.14. The Bertz CT molecular complexity index is 678. The van der Waals surface area contributed by atoms with E-state index in [9.17, 15) is 13.2 Å². The largest absolute Gasteiger partial charge is 0.440 e. The lowest BCUT2D eigenvalue weighted by atomic mass is 10.0. The number of rotatable bonds is 3. The summed E-state index contributed by atoms with van der Waals surface area (Å²) in [5.41, 5.74) is 0. The molecule has 0 saturated carbocycles. The van der Waals surface area contributed by atoms with Gasteiger partial charge in [0.25, 0.3) is 5.91 Å². The van der Waals surface area contributed by atoms with Gasteiger partial charge in [-0.2, -0.15) is 0 Å². The normalized spacial score (nSPS) is 26.6. The molecule has 8 heteroatoms. The second kappa shape index (κ2) is 6.26. The van der Waals surface area contributed by atoms with Crippen LogP contribution in [0.15, 0.2) is 21.6 Å². The molecule has 2 fully saturated rings. The lowest BCUT2D eigenvalue weighted by Crippen LogP contribution is -2.47. The summed E-state index contributed by atoms with van der Waals surface area (Å²) >= 11 is 0. The molecule has 3 heterocycles. The Balaban J connectivity index is 1.70. The molecule has 2 aliphatic rings. The van der Waals surface area contributed by atoms with Crippen LogP contribution in [0.4, 0.5) is 0 Å². The van der Waals surface area contributed by atoms with Gasteiger partial charge in [-0.15, -0.1) is 0 Å². The quantitative estimate of drug-likeness (QED) is 0.795. The lowest BCUT2D eigenvalue weighted by Gasteiger charge is -2.33. The number of ether oxygens (including phenoxy) is 1. The van der Waals surface area contributed by atoms with Gasteiger partial charge in [-0.3, -0.25) is 9.69 Å². The maximum Gasteiger partial charge on any atom is 0.289 e. The number of carbonyl (C=O) groups is 1.